The van der Waals surface area contributed by atoms with Crippen LogP contribution < -0.4 is 5.32 Å². The maximum Gasteiger partial charge on any atom is 0.391 e. The number of hydrogen-bond donors (Lipinski definition) is 3. The zero-order valence-corrected chi connectivity index (χ0v) is 11.3. The summed E-state index contributed by atoms with van der Waals surface area (Å²) in [6, 6.07) is -0.180. The van der Waals surface area contributed by atoms with Crippen molar-refractivity contribution in [1.29, 1.82) is 0 Å². The lowest BCUT2D eigenvalue weighted by atomic mass is 9.79. The van der Waals surface area contributed by atoms with Crippen LogP contribution in [0.25, 0.3) is 0 Å². The van der Waals surface area contributed by atoms with E-state index in [1.807, 2.05) is 0 Å². The molecule has 1 heterocycles. The van der Waals surface area contributed by atoms with E-state index >= 15 is 0 Å². The second-order valence-electron chi connectivity index (χ2n) is 6.01. The topological polar surface area (TPSA) is 61.7 Å². The molecular weight excluding hydrogens is 275 g/mol. The summed E-state index contributed by atoms with van der Waals surface area (Å²) >= 11 is 0. The first-order chi connectivity index (χ1) is 9.28. The maximum atomic E-state index is 12.3. The van der Waals surface area contributed by atoms with Gasteiger partial charge in [-0.25, -0.2) is 0 Å². The summed E-state index contributed by atoms with van der Waals surface area (Å²) in [6.07, 6.45) is -3.48. The molecule has 1 atom stereocenters. The van der Waals surface area contributed by atoms with Crippen molar-refractivity contribution in [3.8, 4) is 0 Å². The van der Waals surface area contributed by atoms with Crippen LogP contribution >= 0.6 is 0 Å². The number of ether oxygens (including phenoxy) is 1. The van der Waals surface area contributed by atoms with Crippen LogP contribution in [-0.2, 0) is 4.74 Å². The fourth-order valence-electron chi connectivity index (χ4n) is 2.82. The lowest BCUT2D eigenvalue weighted by Gasteiger charge is -2.38. The first-order valence-electron chi connectivity index (χ1n) is 7.07. The van der Waals surface area contributed by atoms with E-state index in [1.165, 1.54) is 0 Å². The normalized spacial score (nSPS) is 31.6. The molecule has 4 nitrogen and oxygen atoms in total. The number of rotatable bonds is 5. The molecular formula is C13H22F3NO3. The summed E-state index contributed by atoms with van der Waals surface area (Å²) in [6.45, 7) is 1.18. The van der Waals surface area contributed by atoms with Gasteiger partial charge in [-0.1, -0.05) is 0 Å². The molecule has 0 aromatic rings. The Kier molecular flexibility index (Phi) is 4.94. The summed E-state index contributed by atoms with van der Waals surface area (Å²) in [4.78, 5) is 0. The summed E-state index contributed by atoms with van der Waals surface area (Å²) in [5, 5.41) is 23.0. The van der Waals surface area contributed by atoms with Gasteiger partial charge >= 0.3 is 6.18 Å². The maximum absolute atomic E-state index is 12.3. The van der Waals surface area contributed by atoms with Crippen LogP contribution in [0.2, 0.25) is 0 Å². The molecule has 118 valence electrons. The van der Waals surface area contributed by atoms with Crippen molar-refractivity contribution in [1.82, 2.24) is 5.32 Å². The fraction of sp³-hybridized carbons (Fsp3) is 1.00. The van der Waals surface area contributed by atoms with E-state index < -0.39 is 23.8 Å². The average Bonchev–Trinajstić information content (AvgIpc) is 2.25. The van der Waals surface area contributed by atoms with Crippen LogP contribution in [0.5, 0.6) is 0 Å². The second kappa shape index (κ2) is 6.17. The molecule has 0 bridgehead atoms. The average molecular weight is 297 g/mol. The van der Waals surface area contributed by atoms with E-state index in [2.05, 4.69) is 5.32 Å². The van der Waals surface area contributed by atoms with Crippen molar-refractivity contribution in [2.75, 3.05) is 19.8 Å². The monoisotopic (exact) mass is 297 g/mol. The third-order valence-corrected chi connectivity index (χ3v) is 4.28. The molecule has 1 saturated carbocycles. The minimum atomic E-state index is -4.10. The molecule has 7 heteroatoms. The van der Waals surface area contributed by atoms with Crippen LogP contribution in [0.1, 0.15) is 32.1 Å². The Morgan fingerprint density at radius 3 is 2.40 bits per heavy atom. The molecule has 0 aromatic carbocycles. The van der Waals surface area contributed by atoms with E-state index in [9.17, 15) is 23.4 Å². The van der Waals surface area contributed by atoms with Crippen LogP contribution in [0.15, 0.2) is 0 Å². The molecule has 2 aliphatic rings. The Morgan fingerprint density at radius 2 is 1.85 bits per heavy atom. The van der Waals surface area contributed by atoms with Crippen molar-refractivity contribution in [3.63, 3.8) is 0 Å². The van der Waals surface area contributed by atoms with Crippen LogP contribution in [0.4, 0.5) is 13.2 Å². The molecule has 0 aromatic heterocycles. The number of aliphatic hydroxyl groups is 2. The van der Waals surface area contributed by atoms with Gasteiger partial charge in [0.05, 0.1) is 17.6 Å². The summed E-state index contributed by atoms with van der Waals surface area (Å²) in [7, 11) is 0. The third-order valence-electron chi connectivity index (χ3n) is 4.28. The van der Waals surface area contributed by atoms with Gasteiger partial charge in [-0.05, 0) is 25.7 Å². The van der Waals surface area contributed by atoms with Gasteiger partial charge in [-0.3, -0.25) is 0 Å². The summed E-state index contributed by atoms with van der Waals surface area (Å²) < 4.78 is 42.1. The Hall–Kier alpha value is -0.370. The third kappa shape index (κ3) is 4.31. The molecule has 0 spiro atoms. The highest BCUT2D eigenvalue weighted by atomic mass is 19.4. The predicted molar refractivity (Wildman–Crippen MR) is 66.2 cm³/mol. The van der Waals surface area contributed by atoms with Crippen molar-refractivity contribution >= 4 is 0 Å². The first-order valence-corrected chi connectivity index (χ1v) is 7.07. The SMILES string of the molecule is OC(CNC1CC(C(F)(F)F)C1)CC1(O)CCOCC1. The highest BCUT2D eigenvalue weighted by Crippen LogP contribution is 2.41. The fourth-order valence-corrected chi connectivity index (χ4v) is 2.82. The molecule has 0 amide bonds. The number of alkyl halides is 3. The number of nitrogens with one attached hydrogen (secondary N) is 1. The quantitative estimate of drug-likeness (QED) is 0.714. The van der Waals surface area contributed by atoms with Crippen molar-refractivity contribution in [2.24, 2.45) is 5.92 Å². The van der Waals surface area contributed by atoms with Crippen LogP contribution in [-0.4, -0.2) is 53.9 Å². The molecule has 2 fully saturated rings. The Morgan fingerprint density at radius 1 is 1.25 bits per heavy atom. The lowest BCUT2D eigenvalue weighted by Crippen LogP contribution is -2.50. The standard InChI is InChI=1S/C13H22F3NO3/c14-13(15,16)9-5-10(6-9)17-8-11(18)7-12(19)1-3-20-4-2-12/h9-11,17-19H,1-8H2. The highest BCUT2D eigenvalue weighted by molar-refractivity contribution is 4.90. The van der Waals surface area contributed by atoms with E-state index in [0.29, 0.717) is 26.1 Å². The molecule has 1 saturated heterocycles. The lowest BCUT2D eigenvalue weighted by molar-refractivity contribution is -0.199. The Labute approximate surface area is 116 Å². The molecule has 0 radical (unpaired) electrons. The number of halogens is 3. The predicted octanol–water partition coefficient (Wildman–Crippen LogP) is 1.21. The zero-order chi connectivity index (χ0) is 14.8. The van der Waals surface area contributed by atoms with E-state index in [1.54, 1.807) is 0 Å². The second-order valence-corrected chi connectivity index (χ2v) is 6.01. The zero-order valence-electron chi connectivity index (χ0n) is 11.3. The Bertz CT molecular complexity index is 312. The van der Waals surface area contributed by atoms with E-state index in [4.69, 9.17) is 4.74 Å². The van der Waals surface area contributed by atoms with E-state index in [-0.39, 0.29) is 31.8 Å². The van der Waals surface area contributed by atoms with Crippen molar-refractivity contribution in [3.05, 3.63) is 0 Å². The van der Waals surface area contributed by atoms with Gasteiger partial charge in [0.25, 0.3) is 0 Å². The molecule has 1 aliphatic heterocycles. The minimum Gasteiger partial charge on any atom is -0.392 e. The van der Waals surface area contributed by atoms with Gasteiger partial charge in [0, 0.05) is 32.2 Å². The van der Waals surface area contributed by atoms with Gasteiger partial charge in [0.15, 0.2) is 0 Å². The summed E-state index contributed by atoms with van der Waals surface area (Å²) in [5.74, 6) is -1.21. The van der Waals surface area contributed by atoms with Gasteiger partial charge in [-0.15, -0.1) is 0 Å². The minimum absolute atomic E-state index is 0.0777. The molecule has 2 rings (SSSR count). The van der Waals surface area contributed by atoms with Crippen molar-refractivity contribution in [2.45, 2.75) is 56.0 Å². The molecule has 1 aliphatic carbocycles. The Balaban J connectivity index is 1.63. The smallest absolute Gasteiger partial charge is 0.391 e. The largest absolute Gasteiger partial charge is 0.392 e. The van der Waals surface area contributed by atoms with Gasteiger partial charge < -0.3 is 20.3 Å². The van der Waals surface area contributed by atoms with Gasteiger partial charge in [-0.2, -0.15) is 13.2 Å². The van der Waals surface area contributed by atoms with Crippen molar-refractivity contribution < 1.29 is 28.1 Å². The van der Waals surface area contributed by atoms with Crippen LogP contribution in [0, 0.1) is 5.92 Å². The molecule has 20 heavy (non-hydrogen) atoms. The van der Waals surface area contributed by atoms with Gasteiger partial charge in [0.1, 0.15) is 0 Å². The molecule has 1 unspecified atom stereocenters. The number of hydrogen-bond acceptors (Lipinski definition) is 4. The molecule has 3 N–H and O–H groups in total. The number of aliphatic hydroxyl groups excluding tert-OH is 1. The van der Waals surface area contributed by atoms with E-state index in [0.717, 1.165) is 0 Å². The highest BCUT2D eigenvalue weighted by Gasteiger charge is 2.47. The van der Waals surface area contributed by atoms with Crippen LogP contribution in [0.3, 0.4) is 0 Å². The van der Waals surface area contributed by atoms with Gasteiger partial charge in [0.2, 0.25) is 0 Å². The summed E-state index contributed by atoms with van der Waals surface area (Å²) in [5.41, 5.74) is -0.909. The first kappa shape index (κ1) is 16.0.